The van der Waals surface area contributed by atoms with E-state index < -0.39 is 11.8 Å². The molecule has 7 heteroatoms. The van der Waals surface area contributed by atoms with E-state index in [2.05, 4.69) is 5.32 Å². The number of phenols is 1. The number of benzene rings is 3. The summed E-state index contributed by atoms with van der Waals surface area (Å²) in [7, 11) is 0. The molecule has 1 fully saturated rings. The van der Waals surface area contributed by atoms with Crippen LogP contribution in [0, 0.1) is 6.92 Å². The average molecular weight is 472 g/mol. The largest absolute Gasteiger partial charge is 0.507 e. The van der Waals surface area contributed by atoms with Crippen molar-refractivity contribution in [3.05, 3.63) is 88.0 Å². The SMILES string of the molecule is Cc1cc(OCc2ccc3c(c2)C(=O)NC3=O)ccc1C(=O)c1ccc(OC2CCCC2)cc1O. The van der Waals surface area contributed by atoms with E-state index in [9.17, 15) is 19.5 Å². The van der Waals surface area contributed by atoms with E-state index in [1.165, 1.54) is 6.07 Å². The van der Waals surface area contributed by atoms with Crippen molar-refractivity contribution in [2.75, 3.05) is 0 Å². The average Bonchev–Trinajstić information content (AvgIpc) is 3.45. The molecule has 0 aromatic heterocycles. The lowest BCUT2D eigenvalue weighted by atomic mass is 9.98. The number of hydrogen-bond acceptors (Lipinski definition) is 6. The summed E-state index contributed by atoms with van der Waals surface area (Å²) in [6.45, 7) is 2.00. The third-order valence-electron chi connectivity index (χ3n) is 6.47. The Morgan fingerprint density at radius 3 is 2.37 bits per heavy atom. The maximum absolute atomic E-state index is 13.1. The molecule has 0 spiro atoms. The van der Waals surface area contributed by atoms with Crippen LogP contribution in [0.5, 0.6) is 17.2 Å². The summed E-state index contributed by atoms with van der Waals surface area (Å²) in [6.07, 6.45) is 4.49. The zero-order chi connectivity index (χ0) is 24.5. The Bertz CT molecular complexity index is 1340. The molecular weight excluding hydrogens is 446 g/mol. The van der Waals surface area contributed by atoms with Gasteiger partial charge in [0.15, 0.2) is 5.78 Å². The van der Waals surface area contributed by atoms with E-state index in [0.29, 0.717) is 33.8 Å². The van der Waals surface area contributed by atoms with E-state index in [0.717, 1.165) is 31.2 Å². The Morgan fingerprint density at radius 1 is 0.914 bits per heavy atom. The van der Waals surface area contributed by atoms with Crippen molar-refractivity contribution in [1.82, 2.24) is 5.32 Å². The molecule has 1 aliphatic heterocycles. The van der Waals surface area contributed by atoms with Crippen molar-refractivity contribution < 1.29 is 29.0 Å². The number of fused-ring (bicyclic) bond motifs is 1. The molecule has 178 valence electrons. The number of nitrogens with one attached hydrogen (secondary N) is 1. The minimum Gasteiger partial charge on any atom is -0.507 e. The van der Waals surface area contributed by atoms with Crippen LogP contribution in [0.25, 0.3) is 0 Å². The maximum atomic E-state index is 13.1. The van der Waals surface area contributed by atoms with Crippen molar-refractivity contribution in [2.45, 2.75) is 45.3 Å². The highest BCUT2D eigenvalue weighted by Gasteiger charge is 2.26. The summed E-state index contributed by atoms with van der Waals surface area (Å²) < 4.78 is 11.8. The third kappa shape index (κ3) is 4.62. The fourth-order valence-electron chi connectivity index (χ4n) is 4.57. The second-order valence-corrected chi connectivity index (χ2v) is 8.96. The van der Waals surface area contributed by atoms with Gasteiger partial charge in [0, 0.05) is 11.6 Å². The number of ether oxygens (including phenoxy) is 2. The minimum absolute atomic E-state index is 0.107. The van der Waals surface area contributed by atoms with Gasteiger partial charge in [-0.05, 0) is 86.2 Å². The van der Waals surface area contributed by atoms with Crippen LogP contribution in [0.3, 0.4) is 0 Å². The summed E-state index contributed by atoms with van der Waals surface area (Å²) in [5, 5.41) is 12.7. The molecule has 0 atom stereocenters. The first-order valence-electron chi connectivity index (χ1n) is 11.7. The Labute approximate surface area is 202 Å². The van der Waals surface area contributed by atoms with Gasteiger partial charge in [0.25, 0.3) is 11.8 Å². The molecule has 5 rings (SSSR count). The number of amides is 2. The summed E-state index contributed by atoms with van der Waals surface area (Å²) >= 11 is 0. The molecule has 2 amide bonds. The number of hydrogen-bond donors (Lipinski definition) is 2. The number of aryl methyl sites for hydroxylation is 1. The first kappa shape index (κ1) is 22.7. The Balaban J connectivity index is 1.27. The molecule has 0 bridgehead atoms. The summed E-state index contributed by atoms with van der Waals surface area (Å²) in [5.41, 5.74) is 2.83. The number of imide groups is 1. The molecule has 1 aliphatic carbocycles. The normalized spacial score (nSPS) is 15.1. The van der Waals surface area contributed by atoms with E-state index in [1.807, 2.05) is 0 Å². The lowest BCUT2D eigenvalue weighted by Crippen LogP contribution is -2.19. The highest BCUT2D eigenvalue weighted by atomic mass is 16.5. The van der Waals surface area contributed by atoms with Crippen LogP contribution >= 0.6 is 0 Å². The molecule has 3 aromatic carbocycles. The summed E-state index contributed by atoms with van der Waals surface area (Å²) in [4.78, 5) is 36.6. The van der Waals surface area contributed by atoms with Crippen LogP contribution in [-0.4, -0.2) is 28.8 Å². The quantitative estimate of drug-likeness (QED) is 0.382. The van der Waals surface area contributed by atoms with Crippen molar-refractivity contribution in [3.8, 4) is 17.2 Å². The lowest BCUT2D eigenvalue weighted by Gasteiger charge is -2.14. The number of carbonyl (C=O) groups is 3. The molecule has 0 unspecified atom stereocenters. The molecule has 2 N–H and O–H groups in total. The predicted octanol–water partition coefficient (Wildman–Crippen LogP) is 4.72. The van der Waals surface area contributed by atoms with Gasteiger partial charge in [-0.25, -0.2) is 0 Å². The second-order valence-electron chi connectivity index (χ2n) is 8.96. The van der Waals surface area contributed by atoms with Crippen LogP contribution in [0.1, 0.15) is 73.4 Å². The van der Waals surface area contributed by atoms with Gasteiger partial charge < -0.3 is 14.6 Å². The molecular formula is C28H25NO6. The number of aromatic hydroxyl groups is 1. The van der Waals surface area contributed by atoms with Gasteiger partial charge in [-0.2, -0.15) is 0 Å². The van der Waals surface area contributed by atoms with Gasteiger partial charge in [-0.1, -0.05) is 6.07 Å². The Morgan fingerprint density at radius 2 is 1.63 bits per heavy atom. The number of rotatable bonds is 7. The molecule has 35 heavy (non-hydrogen) atoms. The molecule has 0 saturated heterocycles. The van der Waals surface area contributed by atoms with E-state index in [4.69, 9.17) is 9.47 Å². The molecule has 7 nitrogen and oxygen atoms in total. The fraction of sp³-hybridized carbons (Fsp3) is 0.250. The maximum Gasteiger partial charge on any atom is 0.258 e. The lowest BCUT2D eigenvalue weighted by molar-refractivity contribution is 0.0878. The van der Waals surface area contributed by atoms with E-state index >= 15 is 0 Å². The Kier molecular flexibility index (Phi) is 5.99. The fourth-order valence-corrected chi connectivity index (χ4v) is 4.57. The molecule has 3 aromatic rings. The molecule has 1 saturated carbocycles. The predicted molar refractivity (Wildman–Crippen MR) is 128 cm³/mol. The number of ketones is 1. The zero-order valence-corrected chi connectivity index (χ0v) is 19.3. The first-order valence-corrected chi connectivity index (χ1v) is 11.7. The van der Waals surface area contributed by atoms with Gasteiger partial charge in [0.05, 0.1) is 22.8 Å². The van der Waals surface area contributed by atoms with Crippen molar-refractivity contribution in [3.63, 3.8) is 0 Å². The highest BCUT2D eigenvalue weighted by Crippen LogP contribution is 2.31. The van der Waals surface area contributed by atoms with Crippen LogP contribution in [0.4, 0.5) is 0 Å². The van der Waals surface area contributed by atoms with Crippen LogP contribution in [-0.2, 0) is 6.61 Å². The van der Waals surface area contributed by atoms with Gasteiger partial charge in [0.1, 0.15) is 23.9 Å². The van der Waals surface area contributed by atoms with Gasteiger partial charge in [-0.15, -0.1) is 0 Å². The number of phenolic OH excluding ortho intramolecular Hbond substituents is 1. The van der Waals surface area contributed by atoms with E-state index in [1.54, 1.807) is 55.5 Å². The second kappa shape index (κ2) is 9.25. The van der Waals surface area contributed by atoms with Crippen LogP contribution in [0.2, 0.25) is 0 Å². The third-order valence-corrected chi connectivity index (χ3v) is 6.47. The minimum atomic E-state index is -0.410. The zero-order valence-electron chi connectivity index (χ0n) is 19.3. The molecule has 0 radical (unpaired) electrons. The summed E-state index contributed by atoms with van der Waals surface area (Å²) in [6, 6.07) is 14.9. The van der Waals surface area contributed by atoms with Gasteiger partial charge >= 0.3 is 0 Å². The van der Waals surface area contributed by atoms with Crippen LogP contribution < -0.4 is 14.8 Å². The topological polar surface area (TPSA) is 102 Å². The number of carbonyl (C=O) groups excluding carboxylic acids is 3. The molecule has 1 heterocycles. The molecule has 2 aliphatic rings. The first-order chi connectivity index (χ1) is 16.9. The van der Waals surface area contributed by atoms with Gasteiger partial charge in [-0.3, -0.25) is 19.7 Å². The van der Waals surface area contributed by atoms with Crippen molar-refractivity contribution in [1.29, 1.82) is 0 Å². The highest BCUT2D eigenvalue weighted by molar-refractivity contribution is 6.21. The van der Waals surface area contributed by atoms with Crippen molar-refractivity contribution >= 4 is 17.6 Å². The smallest absolute Gasteiger partial charge is 0.258 e. The standard InChI is InChI=1S/C28H25NO6/c1-16-12-19(34-15-17-6-9-22-24(13-17)28(33)29-27(22)32)7-10-21(16)26(31)23-11-8-20(14-25(23)30)35-18-4-2-3-5-18/h6-14,18,30H,2-5,15H2,1H3,(H,29,32,33). The van der Waals surface area contributed by atoms with E-state index in [-0.39, 0.29) is 29.8 Å². The summed E-state index contributed by atoms with van der Waals surface area (Å²) in [5.74, 6) is -0.0654. The monoisotopic (exact) mass is 471 g/mol. The van der Waals surface area contributed by atoms with Crippen LogP contribution in [0.15, 0.2) is 54.6 Å². The van der Waals surface area contributed by atoms with Crippen molar-refractivity contribution in [2.24, 2.45) is 0 Å². The Hall–Kier alpha value is -4.13. The van der Waals surface area contributed by atoms with Gasteiger partial charge in [0.2, 0.25) is 0 Å².